The van der Waals surface area contributed by atoms with Gasteiger partial charge in [-0.25, -0.2) is 9.97 Å². The van der Waals surface area contributed by atoms with E-state index in [1.165, 1.54) is 0 Å². The number of aryl methyl sites for hydroxylation is 1. The molecule has 7 heteroatoms. The van der Waals surface area contributed by atoms with Crippen LogP contribution in [-0.4, -0.2) is 64.4 Å². The van der Waals surface area contributed by atoms with Crippen LogP contribution in [-0.2, 0) is 9.53 Å². The van der Waals surface area contributed by atoms with Gasteiger partial charge >= 0.3 is 0 Å². The maximum atomic E-state index is 13.0. The van der Waals surface area contributed by atoms with Crippen molar-refractivity contribution in [1.29, 1.82) is 0 Å². The van der Waals surface area contributed by atoms with Gasteiger partial charge in [0, 0.05) is 31.7 Å². The average molecular weight is 386 g/mol. The van der Waals surface area contributed by atoms with E-state index in [-0.39, 0.29) is 23.8 Å². The lowest BCUT2D eigenvalue weighted by molar-refractivity contribution is -0.139. The van der Waals surface area contributed by atoms with Crippen molar-refractivity contribution < 1.29 is 14.3 Å². The number of piperidine rings is 1. The minimum Gasteiger partial charge on any atom is -0.378 e. The molecule has 1 atom stereocenters. The molecule has 0 aromatic carbocycles. The predicted octanol–water partition coefficient (Wildman–Crippen LogP) is 2.50. The van der Waals surface area contributed by atoms with Gasteiger partial charge in [0.1, 0.15) is 0 Å². The predicted molar refractivity (Wildman–Crippen MR) is 104 cm³/mol. The number of likely N-dealkylation sites (tertiary alicyclic amines) is 1. The van der Waals surface area contributed by atoms with E-state index in [0.717, 1.165) is 51.5 Å². The summed E-state index contributed by atoms with van der Waals surface area (Å²) in [6, 6.07) is -0.0620. The Bertz CT molecular complexity index is 726. The molecule has 1 aliphatic carbocycles. The van der Waals surface area contributed by atoms with E-state index in [1.807, 2.05) is 11.8 Å². The molecule has 3 aliphatic rings. The highest BCUT2D eigenvalue weighted by atomic mass is 16.5. The van der Waals surface area contributed by atoms with Crippen molar-refractivity contribution in [2.45, 2.75) is 57.9 Å². The van der Waals surface area contributed by atoms with Crippen molar-refractivity contribution in [3.05, 3.63) is 23.3 Å². The van der Waals surface area contributed by atoms with Crippen LogP contribution < -0.4 is 0 Å². The molecule has 1 saturated carbocycles. The maximum Gasteiger partial charge on any atom is 0.257 e. The van der Waals surface area contributed by atoms with Crippen molar-refractivity contribution in [1.82, 2.24) is 19.8 Å². The van der Waals surface area contributed by atoms with Crippen LogP contribution in [0, 0.1) is 12.8 Å². The normalized spacial score (nSPS) is 23.8. The van der Waals surface area contributed by atoms with Crippen LogP contribution in [0.2, 0.25) is 0 Å². The van der Waals surface area contributed by atoms with Gasteiger partial charge in [0.2, 0.25) is 5.91 Å². The molecule has 3 fully saturated rings. The molecular weight excluding hydrogens is 356 g/mol. The molecule has 1 unspecified atom stereocenters. The van der Waals surface area contributed by atoms with Crippen LogP contribution in [0.5, 0.6) is 0 Å². The Morgan fingerprint density at radius 1 is 1.04 bits per heavy atom. The Hall–Kier alpha value is -2.02. The summed E-state index contributed by atoms with van der Waals surface area (Å²) in [5.74, 6) is 1.10. The molecule has 7 nitrogen and oxygen atoms in total. The second kappa shape index (κ2) is 8.55. The summed E-state index contributed by atoms with van der Waals surface area (Å²) in [6.45, 7) is 5.01. The van der Waals surface area contributed by atoms with Crippen LogP contribution in [0.1, 0.15) is 72.9 Å². The molecule has 28 heavy (non-hydrogen) atoms. The monoisotopic (exact) mass is 386 g/mol. The van der Waals surface area contributed by atoms with Crippen LogP contribution in [0.25, 0.3) is 0 Å². The fourth-order valence-electron chi connectivity index (χ4n) is 4.66. The second-order valence-corrected chi connectivity index (χ2v) is 8.16. The lowest BCUT2D eigenvalue weighted by Gasteiger charge is -2.36. The van der Waals surface area contributed by atoms with Crippen LogP contribution in [0.3, 0.4) is 0 Å². The summed E-state index contributed by atoms with van der Waals surface area (Å²) in [5.41, 5.74) is 1.25. The minimum atomic E-state index is -0.0620. The van der Waals surface area contributed by atoms with Crippen molar-refractivity contribution >= 4 is 11.8 Å². The van der Waals surface area contributed by atoms with E-state index in [4.69, 9.17) is 4.74 Å². The maximum absolute atomic E-state index is 13.0. The standard InChI is InChI=1S/C21H30N4O3/c1-15-17(21(27)24-10-12-28-13-11-24)14-22-19(23-15)18-8-4-5-9-25(18)20(26)16-6-2-3-7-16/h14,16,18H,2-13H2,1H3. The summed E-state index contributed by atoms with van der Waals surface area (Å²) >= 11 is 0. The quantitative estimate of drug-likeness (QED) is 0.798. The Labute approximate surface area is 166 Å². The molecule has 2 aliphatic heterocycles. The SMILES string of the molecule is Cc1nc(C2CCCCN2C(=O)C2CCCC2)ncc1C(=O)N1CCOCC1. The first-order chi connectivity index (χ1) is 13.6. The number of carbonyl (C=O) groups is 2. The average Bonchev–Trinajstić information content (AvgIpc) is 3.28. The number of rotatable bonds is 3. The third-order valence-corrected chi connectivity index (χ3v) is 6.32. The summed E-state index contributed by atoms with van der Waals surface area (Å²) in [7, 11) is 0. The van der Waals surface area contributed by atoms with E-state index < -0.39 is 0 Å². The first-order valence-electron chi connectivity index (χ1n) is 10.7. The molecule has 0 N–H and O–H groups in total. The number of amides is 2. The van der Waals surface area contributed by atoms with Gasteiger partial charge in [-0.15, -0.1) is 0 Å². The zero-order valence-electron chi connectivity index (χ0n) is 16.7. The molecule has 2 amide bonds. The molecule has 1 aromatic rings. The number of hydrogen-bond donors (Lipinski definition) is 0. The Morgan fingerprint density at radius 3 is 2.46 bits per heavy atom. The lowest BCUT2D eigenvalue weighted by atomic mass is 9.97. The van der Waals surface area contributed by atoms with Crippen LogP contribution >= 0.6 is 0 Å². The Balaban J connectivity index is 1.53. The van der Waals surface area contributed by atoms with Gasteiger partial charge in [-0.1, -0.05) is 12.8 Å². The van der Waals surface area contributed by atoms with Gasteiger partial charge in [0.05, 0.1) is 30.5 Å². The van der Waals surface area contributed by atoms with Gasteiger partial charge in [-0.3, -0.25) is 9.59 Å². The Morgan fingerprint density at radius 2 is 1.75 bits per heavy atom. The lowest BCUT2D eigenvalue weighted by Crippen LogP contribution is -2.42. The van der Waals surface area contributed by atoms with Gasteiger partial charge in [0.25, 0.3) is 5.91 Å². The van der Waals surface area contributed by atoms with Crippen molar-refractivity contribution in [2.75, 3.05) is 32.8 Å². The topological polar surface area (TPSA) is 75.6 Å². The molecule has 2 saturated heterocycles. The van der Waals surface area contributed by atoms with Crippen molar-refractivity contribution in [3.63, 3.8) is 0 Å². The third-order valence-electron chi connectivity index (χ3n) is 6.32. The number of nitrogens with zero attached hydrogens (tertiary/aromatic N) is 4. The molecule has 0 spiro atoms. The number of ether oxygens (including phenoxy) is 1. The smallest absolute Gasteiger partial charge is 0.257 e. The molecule has 4 rings (SSSR count). The van der Waals surface area contributed by atoms with Gasteiger partial charge < -0.3 is 14.5 Å². The number of aromatic nitrogens is 2. The van der Waals surface area contributed by atoms with Crippen molar-refractivity contribution in [3.8, 4) is 0 Å². The molecule has 3 heterocycles. The largest absolute Gasteiger partial charge is 0.378 e. The summed E-state index contributed by atoms with van der Waals surface area (Å²) < 4.78 is 5.33. The highest BCUT2D eigenvalue weighted by Gasteiger charge is 2.35. The fraction of sp³-hybridized carbons (Fsp3) is 0.714. The van der Waals surface area contributed by atoms with Crippen LogP contribution in [0.15, 0.2) is 6.20 Å². The van der Waals surface area contributed by atoms with E-state index in [1.54, 1.807) is 11.1 Å². The summed E-state index contributed by atoms with van der Waals surface area (Å²) in [6.07, 6.45) is 9.00. The summed E-state index contributed by atoms with van der Waals surface area (Å²) in [5, 5.41) is 0. The minimum absolute atomic E-state index is 0.0325. The van der Waals surface area contributed by atoms with E-state index >= 15 is 0 Å². The molecule has 152 valence electrons. The van der Waals surface area contributed by atoms with Gasteiger partial charge in [-0.2, -0.15) is 0 Å². The van der Waals surface area contributed by atoms with E-state index in [0.29, 0.717) is 43.4 Å². The molecule has 0 bridgehead atoms. The highest BCUT2D eigenvalue weighted by Crippen LogP contribution is 2.34. The van der Waals surface area contributed by atoms with Gasteiger partial charge in [0.15, 0.2) is 5.82 Å². The number of morpholine rings is 1. The van der Waals surface area contributed by atoms with E-state index in [9.17, 15) is 9.59 Å². The first kappa shape index (κ1) is 19.3. The third kappa shape index (κ3) is 3.90. The molecular formula is C21H30N4O3. The molecule has 0 radical (unpaired) electrons. The highest BCUT2D eigenvalue weighted by molar-refractivity contribution is 5.95. The van der Waals surface area contributed by atoms with Crippen LogP contribution in [0.4, 0.5) is 0 Å². The van der Waals surface area contributed by atoms with E-state index in [2.05, 4.69) is 9.97 Å². The van der Waals surface area contributed by atoms with Gasteiger partial charge in [-0.05, 0) is 39.0 Å². The summed E-state index contributed by atoms with van der Waals surface area (Å²) in [4.78, 5) is 38.9. The zero-order valence-corrected chi connectivity index (χ0v) is 16.7. The Kier molecular flexibility index (Phi) is 5.90. The number of hydrogen-bond acceptors (Lipinski definition) is 5. The molecule has 1 aromatic heterocycles. The van der Waals surface area contributed by atoms with Crippen molar-refractivity contribution in [2.24, 2.45) is 5.92 Å². The zero-order chi connectivity index (χ0) is 19.5. The number of carbonyl (C=O) groups excluding carboxylic acids is 2. The second-order valence-electron chi connectivity index (χ2n) is 8.16. The first-order valence-corrected chi connectivity index (χ1v) is 10.7. The fourth-order valence-corrected chi connectivity index (χ4v) is 4.66.